The van der Waals surface area contributed by atoms with Crippen molar-refractivity contribution in [2.45, 2.75) is 13.1 Å². The molecule has 0 fully saturated rings. The molecule has 154 valence electrons. The number of para-hydroxylation sites is 1. The number of fused-ring (bicyclic) bond motifs is 2. The van der Waals surface area contributed by atoms with Crippen molar-refractivity contribution in [2.24, 2.45) is 0 Å². The number of aromatic nitrogens is 2. The first-order chi connectivity index (χ1) is 14.7. The second kappa shape index (κ2) is 8.01. The molecule has 0 radical (unpaired) electrons. The Labute approximate surface area is 178 Å². The quantitative estimate of drug-likeness (QED) is 0.694. The monoisotopic (exact) mass is 425 g/mol. The fraction of sp³-hybridized carbons (Fsp3) is 0.273. The van der Waals surface area contributed by atoms with Crippen molar-refractivity contribution in [2.75, 3.05) is 26.4 Å². The Kier molecular flexibility index (Phi) is 5.06. The second-order valence-corrected chi connectivity index (χ2v) is 7.67. The van der Waals surface area contributed by atoms with Gasteiger partial charge in [-0.2, -0.15) is 0 Å². The van der Waals surface area contributed by atoms with Gasteiger partial charge in [0.25, 0.3) is 0 Å². The van der Waals surface area contributed by atoms with Crippen molar-refractivity contribution in [3.8, 4) is 28.4 Å². The van der Waals surface area contributed by atoms with Gasteiger partial charge in [0.2, 0.25) is 0 Å². The largest absolute Gasteiger partial charge is 0.490 e. The number of H-pyrrole nitrogens is 1. The molecular formula is C22H20ClN3O4. The lowest BCUT2D eigenvalue weighted by Gasteiger charge is -2.22. The molecule has 1 aromatic heterocycles. The third-order valence-electron chi connectivity index (χ3n) is 5.18. The summed E-state index contributed by atoms with van der Waals surface area (Å²) in [5.41, 5.74) is 3.48. The summed E-state index contributed by atoms with van der Waals surface area (Å²) in [6.07, 6.45) is 3.29. The van der Waals surface area contributed by atoms with Gasteiger partial charge in [-0.05, 0) is 23.8 Å². The van der Waals surface area contributed by atoms with E-state index in [2.05, 4.69) is 20.9 Å². The molecule has 3 aromatic rings. The van der Waals surface area contributed by atoms with Crippen LogP contribution in [0.4, 0.5) is 0 Å². The average Bonchev–Trinajstić information content (AvgIpc) is 2.97. The SMILES string of the molecule is O=c1ncc(CN2CCOc3c(Cl)cc(-c4cccc5c4OCCO5)cc3C2)c[nH]1. The molecule has 8 heteroatoms. The Morgan fingerprint density at radius 2 is 1.97 bits per heavy atom. The first-order valence-electron chi connectivity index (χ1n) is 9.77. The highest BCUT2D eigenvalue weighted by atomic mass is 35.5. The Hall–Kier alpha value is -3.03. The molecule has 0 saturated heterocycles. The molecule has 2 aliphatic rings. The molecule has 2 aliphatic heterocycles. The van der Waals surface area contributed by atoms with E-state index in [1.165, 1.54) is 0 Å². The van der Waals surface area contributed by atoms with Crippen LogP contribution in [0, 0.1) is 0 Å². The zero-order valence-electron chi connectivity index (χ0n) is 16.2. The minimum absolute atomic E-state index is 0.350. The van der Waals surface area contributed by atoms with E-state index < -0.39 is 0 Å². The number of rotatable bonds is 3. The van der Waals surface area contributed by atoms with Gasteiger partial charge in [0.1, 0.15) is 25.6 Å². The zero-order valence-corrected chi connectivity index (χ0v) is 16.9. The third-order valence-corrected chi connectivity index (χ3v) is 5.46. The molecule has 0 unspecified atom stereocenters. The normalized spacial score (nSPS) is 15.8. The lowest BCUT2D eigenvalue weighted by molar-refractivity contribution is 0.172. The van der Waals surface area contributed by atoms with E-state index in [4.69, 9.17) is 25.8 Å². The Balaban J connectivity index is 1.48. The van der Waals surface area contributed by atoms with Gasteiger partial charge in [-0.25, -0.2) is 9.78 Å². The molecule has 2 aromatic carbocycles. The molecule has 30 heavy (non-hydrogen) atoms. The predicted molar refractivity (Wildman–Crippen MR) is 112 cm³/mol. The van der Waals surface area contributed by atoms with Gasteiger partial charge >= 0.3 is 5.69 Å². The Bertz CT molecular complexity index is 1130. The predicted octanol–water partition coefficient (Wildman–Crippen LogP) is 3.26. The summed E-state index contributed by atoms with van der Waals surface area (Å²) in [7, 11) is 0. The topological polar surface area (TPSA) is 76.7 Å². The van der Waals surface area contributed by atoms with Crippen LogP contribution in [-0.4, -0.2) is 41.2 Å². The van der Waals surface area contributed by atoms with Crippen LogP contribution < -0.4 is 19.9 Å². The number of aromatic amines is 1. The fourth-order valence-electron chi connectivity index (χ4n) is 3.83. The van der Waals surface area contributed by atoms with E-state index in [1.54, 1.807) is 12.4 Å². The van der Waals surface area contributed by atoms with E-state index in [-0.39, 0.29) is 5.69 Å². The smallest absolute Gasteiger partial charge is 0.344 e. The fourth-order valence-corrected chi connectivity index (χ4v) is 4.13. The molecule has 7 nitrogen and oxygen atoms in total. The molecule has 0 spiro atoms. The molecule has 0 atom stereocenters. The van der Waals surface area contributed by atoms with Crippen LogP contribution in [0.3, 0.4) is 0 Å². The molecule has 3 heterocycles. The molecule has 0 saturated carbocycles. The van der Waals surface area contributed by atoms with Gasteiger partial charge in [-0.15, -0.1) is 0 Å². The summed E-state index contributed by atoms with van der Waals surface area (Å²) < 4.78 is 17.6. The summed E-state index contributed by atoms with van der Waals surface area (Å²) in [6.45, 7) is 3.63. The van der Waals surface area contributed by atoms with Crippen LogP contribution in [0.5, 0.6) is 17.2 Å². The van der Waals surface area contributed by atoms with Crippen LogP contribution in [0.25, 0.3) is 11.1 Å². The van der Waals surface area contributed by atoms with Gasteiger partial charge in [0, 0.05) is 48.7 Å². The average molecular weight is 426 g/mol. The molecule has 5 rings (SSSR count). The minimum atomic E-state index is -0.350. The van der Waals surface area contributed by atoms with Gasteiger partial charge in [0.15, 0.2) is 11.5 Å². The van der Waals surface area contributed by atoms with Gasteiger partial charge in [-0.1, -0.05) is 23.7 Å². The maximum absolute atomic E-state index is 11.2. The minimum Gasteiger partial charge on any atom is -0.490 e. The highest BCUT2D eigenvalue weighted by Gasteiger charge is 2.22. The molecule has 0 amide bonds. The van der Waals surface area contributed by atoms with E-state index >= 15 is 0 Å². The first-order valence-corrected chi connectivity index (χ1v) is 10.2. The number of benzene rings is 2. The number of hydrogen-bond acceptors (Lipinski definition) is 6. The number of nitrogens with one attached hydrogen (secondary N) is 1. The molecule has 0 aliphatic carbocycles. The van der Waals surface area contributed by atoms with Gasteiger partial charge < -0.3 is 19.2 Å². The second-order valence-electron chi connectivity index (χ2n) is 7.26. The zero-order chi connectivity index (χ0) is 20.5. The summed E-state index contributed by atoms with van der Waals surface area (Å²) in [6, 6.07) is 9.88. The summed E-state index contributed by atoms with van der Waals surface area (Å²) in [5.74, 6) is 2.20. The standard InChI is InChI=1S/C22H20ClN3O4/c23-18-9-15(17-2-1-3-19-21(17)30-7-6-28-19)8-16-13-26(4-5-29-20(16)18)12-14-10-24-22(27)25-11-14/h1-3,8-11H,4-7,12-13H2,(H,24,25,27). The lowest BCUT2D eigenvalue weighted by Crippen LogP contribution is -2.26. The van der Waals surface area contributed by atoms with Crippen LogP contribution in [0.15, 0.2) is 47.5 Å². The highest BCUT2D eigenvalue weighted by molar-refractivity contribution is 6.32. The molecule has 0 bridgehead atoms. The Morgan fingerprint density at radius 1 is 1.10 bits per heavy atom. The highest BCUT2D eigenvalue weighted by Crippen LogP contribution is 2.43. The maximum atomic E-state index is 11.2. The van der Waals surface area contributed by atoms with Crippen LogP contribution in [-0.2, 0) is 13.1 Å². The first kappa shape index (κ1) is 19.0. The number of hydrogen-bond donors (Lipinski definition) is 1. The van der Waals surface area contributed by atoms with E-state index in [1.807, 2.05) is 24.3 Å². The molecule has 1 N–H and O–H groups in total. The van der Waals surface area contributed by atoms with Crippen molar-refractivity contribution in [3.63, 3.8) is 0 Å². The van der Waals surface area contributed by atoms with Crippen LogP contribution >= 0.6 is 11.6 Å². The summed E-state index contributed by atoms with van der Waals surface area (Å²) in [5, 5.41) is 0.574. The van der Waals surface area contributed by atoms with Gasteiger partial charge in [0.05, 0.1) is 5.02 Å². The van der Waals surface area contributed by atoms with Crippen molar-refractivity contribution in [3.05, 3.63) is 69.4 Å². The van der Waals surface area contributed by atoms with E-state index in [0.717, 1.165) is 40.3 Å². The van der Waals surface area contributed by atoms with Crippen LogP contribution in [0.2, 0.25) is 5.02 Å². The number of ether oxygens (including phenoxy) is 3. The summed E-state index contributed by atoms with van der Waals surface area (Å²) in [4.78, 5) is 19.9. The van der Waals surface area contributed by atoms with Gasteiger partial charge in [-0.3, -0.25) is 4.90 Å². The van der Waals surface area contributed by atoms with Crippen molar-refractivity contribution >= 4 is 11.6 Å². The molecular weight excluding hydrogens is 406 g/mol. The number of nitrogens with zero attached hydrogens (tertiary/aromatic N) is 2. The van der Waals surface area contributed by atoms with Crippen LogP contribution in [0.1, 0.15) is 11.1 Å². The summed E-state index contributed by atoms with van der Waals surface area (Å²) >= 11 is 6.61. The van der Waals surface area contributed by atoms with Crippen molar-refractivity contribution in [1.29, 1.82) is 0 Å². The lowest BCUT2D eigenvalue weighted by atomic mass is 10.0. The van der Waals surface area contributed by atoms with Crippen molar-refractivity contribution in [1.82, 2.24) is 14.9 Å². The van der Waals surface area contributed by atoms with Crippen molar-refractivity contribution < 1.29 is 14.2 Å². The third kappa shape index (κ3) is 3.74. The van der Waals surface area contributed by atoms with E-state index in [9.17, 15) is 4.79 Å². The number of halogens is 1. The van der Waals surface area contributed by atoms with E-state index in [0.29, 0.717) is 43.7 Å². The Morgan fingerprint density at radius 3 is 2.83 bits per heavy atom. The maximum Gasteiger partial charge on any atom is 0.344 e.